The maximum Gasteiger partial charge on any atom is 0.306 e. The lowest BCUT2D eigenvalue weighted by Gasteiger charge is -2.09. The summed E-state index contributed by atoms with van der Waals surface area (Å²) >= 11 is 0. The zero-order valence-electron chi connectivity index (χ0n) is 11.0. The maximum atomic E-state index is 10.7. The molecule has 0 aliphatic heterocycles. The molecule has 3 nitrogen and oxygen atoms in total. The molecule has 0 saturated carbocycles. The smallest absolute Gasteiger partial charge is 0.306 e. The molecule has 0 radical (unpaired) electrons. The molecule has 0 saturated heterocycles. The van der Waals surface area contributed by atoms with Gasteiger partial charge in [-0.25, -0.2) is 0 Å². The summed E-state index contributed by atoms with van der Waals surface area (Å²) in [6.45, 7) is 2.27. The summed E-state index contributed by atoms with van der Waals surface area (Å²) in [6.07, 6.45) is 1.39. The maximum absolute atomic E-state index is 10.7. The molecule has 2 rings (SSSR count). The average Bonchev–Trinajstić information content (AvgIpc) is 2.43. The zero-order valence-corrected chi connectivity index (χ0v) is 11.0. The molecule has 1 unspecified atom stereocenters. The molecular formula is C16H18O3. The van der Waals surface area contributed by atoms with Gasteiger partial charge in [-0.15, -0.1) is 0 Å². The quantitative estimate of drug-likeness (QED) is 0.803. The van der Waals surface area contributed by atoms with Crippen molar-refractivity contribution in [2.45, 2.75) is 19.8 Å². The predicted octanol–water partition coefficient (Wildman–Crippen LogP) is 3.72. The number of carboxylic acids is 1. The van der Waals surface area contributed by atoms with Crippen LogP contribution in [-0.4, -0.2) is 17.7 Å². The second-order valence-corrected chi connectivity index (χ2v) is 4.74. The summed E-state index contributed by atoms with van der Waals surface area (Å²) < 4.78 is 5.65. The number of aliphatic carboxylic acids is 1. The lowest BCUT2D eigenvalue weighted by atomic mass is 10.1. The van der Waals surface area contributed by atoms with Crippen LogP contribution in [0.3, 0.4) is 0 Å². The second kappa shape index (κ2) is 6.23. The van der Waals surface area contributed by atoms with Crippen molar-refractivity contribution in [2.24, 2.45) is 5.92 Å². The number of hydrogen-bond acceptors (Lipinski definition) is 2. The Bertz CT molecular complexity index is 563. The van der Waals surface area contributed by atoms with E-state index in [1.54, 1.807) is 6.92 Å². The Morgan fingerprint density at radius 3 is 2.68 bits per heavy atom. The summed E-state index contributed by atoms with van der Waals surface area (Å²) in [7, 11) is 0. The second-order valence-electron chi connectivity index (χ2n) is 4.74. The van der Waals surface area contributed by atoms with Gasteiger partial charge < -0.3 is 9.84 Å². The molecule has 100 valence electrons. The molecule has 1 atom stereocenters. The summed E-state index contributed by atoms with van der Waals surface area (Å²) in [5.41, 5.74) is 0. The molecule has 0 aromatic heterocycles. The van der Waals surface area contributed by atoms with Gasteiger partial charge in [-0.3, -0.25) is 4.79 Å². The number of carboxylic acid groups (broad SMARTS) is 1. The van der Waals surface area contributed by atoms with Gasteiger partial charge in [0.05, 0.1) is 12.5 Å². The van der Waals surface area contributed by atoms with Crippen LogP contribution >= 0.6 is 0 Å². The van der Waals surface area contributed by atoms with Crippen molar-refractivity contribution in [1.29, 1.82) is 0 Å². The predicted molar refractivity (Wildman–Crippen MR) is 75.5 cm³/mol. The molecule has 0 amide bonds. The van der Waals surface area contributed by atoms with Gasteiger partial charge in [0.25, 0.3) is 0 Å². The van der Waals surface area contributed by atoms with Gasteiger partial charge >= 0.3 is 5.97 Å². The van der Waals surface area contributed by atoms with Crippen LogP contribution in [0.2, 0.25) is 0 Å². The molecule has 2 aromatic carbocycles. The normalized spacial score (nSPS) is 12.3. The Balaban J connectivity index is 1.86. The van der Waals surface area contributed by atoms with Crippen LogP contribution in [-0.2, 0) is 4.79 Å². The number of benzene rings is 2. The average molecular weight is 258 g/mol. The van der Waals surface area contributed by atoms with E-state index in [4.69, 9.17) is 9.84 Å². The monoisotopic (exact) mass is 258 g/mol. The van der Waals surface area contributed by atoms with Crippen LogP contribution in [0.15, 0.2) is 42.5 Å². The number of rotatable bonds is 6. The van der Waals surface area contributed by atoms with Gasteiger partial charge in [0.2, 0.25) is 0 Å². The summed E-state index contributed by atoms with van der Waals surface area (Å²) in [6, 6.07) is 14.1. The molecule has 0 aliphatic carbocycles. The van der Waals surface area contributed by atoms with E-state index in [9.17, 15) is 4.79 Å². The molecule has 3 heteroatoms. The highest BCUT2D eigenvalue weighted by molar-refractivity contribution is 5.83. The summed E-state index contributed by atoms with van der Waals surface area (Å²) in [5.74, 6) is -0.215. The molecule has 0 bridgehead atoms. The van der Waals surface area contributed by atoms with E-state index in [2.05, 4.69) is 12.1 Å². The van der Waals surface area contributed by atoms with Crippen molar-refractivity contribution < 1.29 is 14.6 Å². The minimum atomic E-state index is -0.745. The van der Waals surface area contributed by atoms with Crippen molar-refractivity contribution in [3.8, 4) is 5.75 Å². The van der Waals surface area contributed by atoms with Gasteiger partial charge in [0.15, 0.2) is 0 Å². The third kappa shape index (κ3) is 3.71. The summed E-state index contributed by atoms with van der Waals surface area (Å²) in [5, 5.41) is 11.1. The van der Waals surface area contributed by atoms with E-state index in [0.717, 1.165) is 17.6 Å². The molecule has 0 aliphatic rings. The fourth-order valence-corrected chi connectivity index (χ4v) is 1.96. The Morgan fingerprint density at radius 2 is 1.95 bits per heavy atom. The summed E-state index contributed by atoms with van der Waals surface area (Å²) in [4.78, 5) is 10.7. The minimum absolute atomic E-state index is 0.305. The van der Waals surface area contributed by atoms with Crippen molar-refractivity contribution >= 4 is 16.7 Å². The van der Waals surface area contributed by atoms with E-state index in [0.29, 0.717) is 13.0 Å². The Kier molecular flexibility index (Phi) is 4.39. The van der Waals surface area contributed by atoms with E-state index in [-0.39, 0.29) is 5.92 Å². The SMILES string of the molecule is CC(CCCOc1ccc2ccccc2c1)C(=O)O. The Labute approximate surface area is 112 Å². The van der Waals surface area contributed by atoms with E-state index < -0.39 is 5.97 Å². The number of ether oxygens (including phenoxy) is 1. The first-order valence-electron chi connectivity index (χ1n) is 6.51. The van der Waals surface area contributed by atoms with Gasteiger partial charge in [-0.1, -0.05) is 37.3 Å². The van der Waals surface area contributed by atoms with E-state index in [1.807, 2.05) is 30.3 Å². The van der Waals surface area contributed by atoms with E-state index in [1.165, 1.54) is 5.39 Å². The first kappa shape index (κ1) is 13.4. The lowest BCUT2D eigenvalue weighted by molar-refractivity contribution is -0.141. The van der Waals surface area contributed by atoms with Gasteiger partial charge in [0.1, 0.15) is 5.75 Å². The Hall–Kier alpha value is -2.03. The van der Waals surface area contributed by atoms with Crippen molar-refractivity contribution in [2.75, 3.05) is 6.61 Å². The van der Waals surface area contributed by atoms with Crippen LogP contribution in [0.4, 0.5) is 0 Å². The third-order valence-corrected chi connectivity index (χ3v) is 3.19. The highest BCUT2D eigenvalue weighted by Crippen LogP contribution is 2.20. The van der Waals surface area contributed by atoms with Crippen molar-refractivity contribution in [1.82, 2.24) is 0 Å². The van der Waals surface area contributed by atoms with Crippen LogP contribution in [0.1, 0.15) is 19.8 Å². The molecule has 0 spiro atoms. The topological polar surface area (TPSA) is 46.5 Å². The molecular weight excluding hydrogens is 240 g/mol. The van der Waals surface area contributed by atoms with Crippen molar-refractivity contribution in [3.63, 3.8) is 0 Å². The molecule has 2 aromatic rings. The van der Waals surface area contributed by atoms with Gasteiger partial charge in [-0.2, -0.15) is 0 Å². The highest BCUT2D eigenvalue weighted by atomic mass is 16.5. The largest absolute Gasteiger partial charge is 0.494 e. The molecule has 1 N–H and O–H groups in total. The molecule has 0 fully saturated rings. The number of hydrogen-bond donors (Lipinski definition) is 1. The molecule has 19 heavy (non-hydrogen) atoms. The van der Waals surface area contributed by atoms with Crippen LogP contribution < -0.4 is 4.74 Å². The van der Waals surface area contributed by atoms with Crippen LogP contribution in [0.5, 0.6) is 5.75 Å². The number of fused-ring (bicyclic) bond motifs is 1. The Morgan fingerprint density at radius 1 is 1.21 bits per heavy atom. The standard InChI is InChI=1S/C16H18O3/c1-12(16(17)18)5-4-10-19-15-9-8-13-6-2-3-7-14(13)11-15/h2-3,6-9,11-12H,4-5,10H2,1H3,(H,17,18). The van der Waals surface area contributed by atoms with Crippen LogP contribution in [0, 0.1) is 5.92 Å². The lowest BCUT2D eigenvalue weighted by Crippen LogP contribution is -2.10. The van der Waals surface area contributed by atoms with Gasteiger partial charge in [0, 0.05) is 0 Å². The van der Waals surface area contributed by atoms with Crippen LogP contribution in [0.25, 0.3) is 10.8 Å². The fraction of sp³-hybridized carbons (Fsp3) is 0.312. The van der Waals surface area contributed by atoms with Crippen molar-refractivity contribution in [3.05, 3.63) is 42.5 Å². The minimum Gasteiger partial charge on any atom is -0.494 e. The zero-order chi connectivity index (χ0) is 13.7. The van der Waals surface area contributed by atoms with E-state index >= 15 is 0 Å². The highest BCUT2D eigenvalue weighted by Gasteiger charge is 2.09. The fourth-order valence-electron chi connectivity index (χ4n) is 1.96. The van der Waals surface area contributed by atoms with Gasteiger partial charge in [-0.05, 0) is 35.7 Å². The molecule has 0 heterocycles. The number of carbonyl (C=O) groups is 1. The first-order valence-corrected chi connectivity index (χ1v) is 6.51. The third-order valence-electron chi connectivity index (χ3n) is 3.19. The first-order chi connectivity index (χ1) is 9.16.